The number of anilines is 2. The SMILES string of the molecule is CCS(=O)(=O)n1cc(CN(C)C)c2ccc(-c3nc(Nc4cc(C)[nH]n4)c4cccn4n3)cc21. The van der Waals surface area contributed by atoms with Crippen molar-refractivity contribution >= 4 is 38.1 Å². The third-order valence-corrected chi connectivity index (χ3v) is 7.24. The first-order chi connectivity index (χ1) is 16.2. The van der Waals surface area contributed by atoms with E-state index in [2.05, 4.69) is 20.6 Å². The molecule has 0 saturated carbocycles. The summed E-state index contributed by atoms with van der Waals surface area (Å²) in [6.45, 7) is 4.20. The van der Waals surface area contributed by atoms with Crippen LogP contribution in [0, 0.1) is 6.92 Å². The van der Waals surface area contributed by atoms with Crippen LogP contribution in [0.2, 0.25) is 0 Å². The molecule has 2 N–H and O–H groups in total. The predicted octanol–water partition coefficient (Wildman–Crippen LogP) is 3.39. The van der Waals surface area contributed by atoms with Crippen LogP contribution in [0.1, 0.15) is 18.2 Å². The van der Waals surface area contributed by atoms with Crippen LogP contribution in [0.3, 0.4) is 0 Å². The van der Waals surface area contributed by atoms with E-state index in [9.17, 15) is 8.42 Å². The minimum Gasteiger partial charge on any atom is -0.322 e. The van der Waals surface area contributed by atoms with Crippen LogP contribution in [0.25, 0.3) is 27.8 Å². The molecule has 5 aromatic rings. The van der Waals surface area contributed by atoms with Gasteiger partial charge in [0.05, 0.1) is 11.3 Å². The van der Waals surface area contributed by atoms with Crippen LogP contribution in [0.15, 0.2) is 48.8 Å². The van der Waals surface area contributed by atoms with Gasteiger partial charge in [-0.25, -0.2) is 21.9 Å². The van der Waals surface area contributed by atoms with Crippen LogP contribution in [-0.4, -0.2) is 61.9 Å². The number of benzene rings is 1. The van der Waals surface area contributed by atoms with Crippen LogP contribution < -0.4 is 5.32 Å². The second-order valence-electron chi connectivity index (χ2n) is 8.50. The maximum absolute atomic E-state index is 12.9. The van der Waals surface area contributed by atoms with Gasteiger partial charge in [-0.1, -0.05) is 12.1 Å². The van der Waals surface area contributed by atoms with Crippen molar-refractivity contribution in [3.05, 3.63) is 60.0 Å². The average Bonchev–Trinajstić information content (AvgIpc) is 3.52. The van der Waals surface area contributed by atoms with E-state index in [4.69, 9.17) is 4.98 Å². The molecule has 5 rings (SSSR count). The molecule has 4 aromatic heterocycles. The molecule has 4 heterocycles. The topological polar surface area (TPSA) is 113 Å². The highest BCUT2D eigenvalue weighted by molar-refractivity contribution is 7.90. The summed E-state index contributed by atoms with van der Waals surface area (Å²) in [6.07, 6.45) is 3.57. The number of fused-ring (bicyclic) bond motifs is 2. The Morgan fingerprint density at radius 3 is 2.68 bits per heavy atom. The molecule has 0 aliphatic rings. The van der Waals surface area contributed by atoms with Gasteiger partial charge in [0.25, 0.3) is 0 Å². The van der Waals surface area contributed by atoms with Gasteiger partial charge in [0.1, 0.15) is 5.52 Å². The lowest BCUT2D eigenvalue weighted by molar-refractivity contribution is 0.404. The highest BCUT2D eigenvalue weighted by Gasteiger charge is 2.19. The Morgan fingerprint density at radius 2 is 1.97 bits per heavy atom. The van der Waals surface area contributed by atoms with Gasteiger partial charge >= 0.3 is 0 Å². The summed E-state index contributed by atoms with van der Waals surface area (Å²) in [4.78, 5) is 6.78. The summed E-state index contributed by atoms with van der Waals surface area (Å²) in [5, 5.41) is 16.0. The third kappa shape index (κ3) is 3.93. The molecular formula is C23H26N8O2S. The normalized spacial score (nSPS) is 12.3. The Hall–Kier alpha value is -3.70. The number of aromatic nitrogens is 6. The van der Waals surface area contributed by atoms with Crippen molar-refractivity contribution in [1.29, 1.82) is 0 Å². The van der Waals surface area contributed by atoms with Crippen molar-refractivity contribution in [2.45, 2.75) is 20.4 Å². The fourth-order valence-corrected chi connectivity index (χ4v) is 5.01. The molecule has 0 spiro atoms. The first kappa shape index (κ1) is 22.1. The fourth-order valence-electron chi connectivity index (χ4n) is 3.99. The van der Waals surface area contributed by atoms with Crippen LogP contribution in [-0.2, 0) is 16.6 Å². The van der Waals surface area contributed by atoms with E-state index in [0.29, 0.717) is 35.1 Å². The van der Waals surface area contributed by atoms with Crippen molar-refractivity contribution in [3.8, 4) is 11.4 Å². The van der Waals surface area contributed by atoms with Crippen LogP contribution in [0.5, 0.6) is 0 Å². The molecule has 11 heteroatoms. The highest BCUT2D eigenvalue weighted by atomic mass is 32.2. The van der Waals surface area contributed by atoms with Gasteiger partial charge in [0, 0.05) is 41.6 Å². The summed E-state index contributed by atoms with van der Waals surface area (Å²) >= 11 is 0. The van der Waals surface area contributed by atoms with Gasteiger partial charge < -0.3 is 10.2 Å². The van der Waals surface area contributed by atoms with Crippen LogP contribution in [0.4, 0.5) is 11.6 Å². The van der Waals surface area contributed by atoms with Crippen molar-refractivity contribution in [3.63, 3.8) is 0 Å². The average molecular weight is 479 g/mol. The van der Waals surface area contributed by atoms with Gasteiger partial charge in [-0.3, -0.25) is 5.10 Å². The van der Waals surface area contributed by atoms with Gasteiger partial charge in [-0.05, 0) is 51.7 Å². The monoisotopic (exact) mass is 478 g/mol. The van der Waals surface area contributed by atoms with Crippen molar-refractivity contribution in [2.24, 2.45) is 0 Å². The minimum atomic E-state index is -3.48. The van der Waals surface area contributed by atoms with Crippen LogP contribution >= 0.6 is 0 Å². The second-order valence-corrected chi connectivity index (χ2v) is 10.6. The molecule has 0 radical (unpaired) electrons. The van der Waals surface area contributed by atoms with E-state index in [-0.39, 0.29) is 5.75 Å². The lowest BCUT2D eigenvalue weighted by Crippen LogP contribution is -2.14. The van der Waals surface area contributed by atoms with Gasteiger partial charge in [0.2, 0.25) is 10.0 Å². The van der Waals surface area contributed by atoms with E-state index in [1.807, 2.05) is 68.5 Å². The minimum absolute atomic E-state index is 0.00535. The zero-order chi connectivity index (χ0) is 24.0. The zero-order valence-corrected chi connectivity index (χ0v) is 20.3. The lowest BCUT2D eigenvalue weighted by Gasteiger charge is -2.10. The summed E-state index contributed by atoms with van der Waals surface area (Å²) in [5.41, 5.74) is 4.01. The summed E-state index contributed by atoms with van der Waals surface area (Å²) in [6, 6.07) is 11.4. The molecule has 0 aliphatic heterocycles. The summed E-state index contributed by atoms with van der Waals surface area (Å²) in [5.74, 6) is 1.73. The molecule has 0 amide bonds. The number of aromatic amines is 1. The van der Waals surface area contributed by atoms with Crippen molar-refractivity contribution in [1.82, 2.24) is 33.7 Å². The third-order valence-electron chi connectivity index (χ3n) is 5.61. The Bertz CT molecular complexity index is 1610. The van der Waals surface area contributed by atoms with Gasteiger partial charge in [-0.2, -0.15) is 5.10 Å². The smallest absolute Gasteiger partial charge is 0.238 e. The molecule has 0 fully saturated rings. The van der Waals surface area contributed by atoms with E-state index in [1.54, 1.807) is 17.6 Å². The maximum Gasteiger partial charge on any atom is 0.238 e. The molecule has 0 unspecified atom stereocenters. The molecule has 10 nitrogen and oxygen atoms in total. The number of aryl methyl sites for hydroxylation is 1. The van der Waals surface area contributed by atoms with Gasteiger partial charge in [-0.15, -0.1) is 5.10 Å². The van der Waals surface area contributed by atoms with E-state index < -0.39 is 10.0 Å². The second kappa shape index (κ2) is 8.26. The Labute approximate surface area is 197 Å². The van der Waals surface area contributed by atoms with E-state index in [0.717, 1.165) is 22.2 Å². The number of H-pyrrole nitrogens is 1. The lowest BCUT2D eigenvalue weighted by atomic mass is 10.1. The summed E-state index contributed by atoms with van der Waals surface area (Å²) < 4.78 is 28.8. The van der Waals surface area contributed by atoms with E-state index >= 15 is 0 Å². The fraction of sp³-hybridized carbons (Fsp3) is 0.261. The number of nitrogens with one attached hydrogen (secondary N) is 2. The largest absolute Gasteiger partial charge is 0.322 e. The Morgan fingerprint density at radius 1 is 1.15 bits per heavy atom. The predicted molar refractivity (Wildman–Crippen MR) is 133 cm³/mol. The van der Waals surface area contributed by atoms with Crippen molar-refractivity contribution in [2.75, 3.05) is 25.2 Å². The Kier molecular flexibility index (Phi) is 5.37. The molecule has 176 valence electrons. The molecule has 0 atom stereocenters. The molecule has 1 aromatic carbocycles. The molecule has 34 heavy (non-hydrogen) atoms. The number of rotatable bonds is 7. The first-order valence-corrected chi connectivity index (χ1v) is 12.5. The standard InChI is InChI=1S/C23H26N8O2S/c1-5-34(32,33)31-14-17(13-29(3)4)18-9-8-16(12-20(18)31)22-25-23(19-7-6-10-30(19)28-22)24-21-11-15(2)26-27-21/h6-12,14H,5,13H2,1-4H3,(H2,24,25,26,27,28). The number of hydrogen-bond donors (Lipinski definition) is 2. The first-order valence-electron chi connectivity index (χ1n) is 10.9. The number of nitrogens with zero attached hydrogens (tertiary/aromatic N) is 6. The molecular weight excluding hydrogens is 452 g/mol. The highest BCUT2D eigenvalue weighted by Crippen LogP contribution is 2.30. The quantitative estimate of drug-likeness (QED) is 0.369. The van der Waals surface area contributed by atoms with Crippen molar-refractivity contribution < 1.29 is 8.42 Å². The summed E-state index contributed by atoms with van der Waals surface area (Å²) in [7, 11) is 0.436. The zero-order valence-electron chi connectivity index (χ0n) is 19.4. The van der Waals surface area contributed by atoms with E-state index in [1.165, 1.54) is 3.97 Å². The van der Waals surface area contributed by atoms with Gasteiger partial charge in [0.15, 0.2) is 17.5 Å². The molecule has 0 aliphatic carbocycles. The number of hydrogen-bond acceptors (Lipinski definition) is 7. The Balaban J connectivity index is 1.67. The maximum atomic E-state index is 12.9. The molecule has 0 saturated heterocycles. The molecule has 0 bridgehead atoms.